The van der Waals surface area contributed by atoms with Crippen molar-refractivity contribution in [1.29, 1.82) is 0 Å². The van der Waals surface area contributed by atoms with Gasteiger partial charge < -0.3 is 29.7 Å². The molecule has 212 valence electrons. The zero-order chi connectivity index (χ0) is 27.2. The number of aromatic nitrogens is 2. The van der Waals surface area contributed by atoms with Crippen LogP contribution in [0.4, 0.5) is 5.82 Å². The van der Waals surface area contributed by atoms with Crippen LogP contribution in [0.1, 0.15) is 66.2 Å². The highest BCUT2D eigenvalue weighted by molar-refractivity contribution is 6.30. The number of carbonyl (C=O) groups is 1. The Hall–Kier alpha value is -2.30. The van der Waals surface area contributed by atoms with Crippen molar-refractivity contribution in [3.8, 4) is 0 Å². The summed E-state index contributed by atoms with van der Waals surface area (Å²) in [6.07, 6.45) is 7.51. The molecular formula is C29H40ClN5O4. The van der Waals surface area contributed by atoms with E-state index in [2.05, 4.69) is 20.6 Å². The van der Waals surface area contributed by atoms with Crippen molar-refractivity contribution in [1.82, 2.24) is 20.2 Å². The molecule has 2 N–H and O–H groups in total. The van der Waals surface area contributed by atoms with Crippen LogP contribution < -0.4 is 10.6 Å². The summed E-state index contributed by atoms with van der Waals surface area (Å²) in [5.41, 5.74) is 2.39. The number of nitrogens with zero attached hydrogens (tertiary/aromatic N) is 3. The summed E-state index contributed by atoms with van der Waals surface area (Å²) in [5.74, 6) is 0.654. The summed E-state index contributed by atoms with van der Waals surface area (Å²) in [5, 5.41) is 7.90. The van der Waals surface area contributed by atoms with Gasteiger partial charge in [-0.1, -0.05) is 23.7 Å². The summed E-state index contributed by atoms with van der Waals surface area (Å²) in [7, 11) is 1.74. The maximum absolute atomic E-state index is 13.4. The molecular weight excluding hydrogens is 518 g/mol. The molecule has 3 fully saturated rings. The first kappa shape index (κ1) is 28.2. The molecule has 0 spiro atoms. The van der Waals surface area contributed by atoms with Crippen LogP contribution >= 0.6 is 11.6 Å². The molecule has 1 aromatic carbocycles. The first-order chi connectivity index (χ1) is 19.0. The van der Waals surface area contributed by atoms with Gasteiger partial charge in [0.15, 0.2) is 0 Å². The van der Waals surface area contributed by atoms with E-state index in [-0.39, 0.29) is 24.2 Å². The van der Waals surface area contributed by atoms with Gasteiger partial charge >= 0.3 is 0 Å². The van der Waals surface area contributed by atoms with E-state index in [0.29, 0.717) is 49.8 Å². The summed E-state index contributed by atoms with van der Waals surface area (Å²) < 4.78 is 17.5. The average Bonchev–Trinajstić information content (AvgIpc) is 2.97. The molecule has 0 saturated carbocycles. The molecule has 2 aromatic rings. The van der Waals surface area contributed by atoms with Crippen molar-refractivity contribution in [2.24, 2.45) is 0 Å². The van der Waals surface area contributed by atoms with E-state index in [9.17, 15) is 4.79 Å². The lowest BCUT2D eigenvalue weighted by Crippen LogP contribution is -2.54. The lowest BCUT2D eigenvalue weighted by atomic mass is 9.98. The largest absolute Gasteiger partial charge is 0.379 e. The number of hydrogen-bond donors (Lipinski definition) is 2. The molecule has 3 aliphatic heterocycles. The molecule has 39 heavy (non-hydrogen) atoms. The Labute approximate surface area is 236 Å². The highest BCUT2D eigenvalue weighted by atomic mass is 35.5. The maximum Gasteiger partial charge on any atom is 0.272 e. The third-order valence-corrected chi connectivity index (χ3v) is 8.47. The van der Waals surface area contributed by atoms with Crippen LogP contribution in [0.3, 0.4) is 0 Å². The Balaban J connectivity index is 1.13. The van der Waals surface area contributed by atoms with Gasteiger partial charge in [-0.25, -0.2) is 9.97 Å². The number of likely N-dealkylation sites (tertiary alicyclic amines) is 1. The van der Waals surface area contributed by atoms with Crippen molar-refractivity contribution in [3.63, 3.8) is 0 Å². The van der Waals surface area contributed by atoms with Crippen LogP contribution in [0, 0.1) is 6.92 Å². The molecule has 0 aliphatic carbocycles. The highest BCUT2D eigenvalue weighted by Crippen LogP contribution is 2.32. The topological polar surface area (TPSA) is 97.8 Å². The Morgan fingerprint density at radius 2 is 1.92 bits per heavy atom. The normalized spacial score (nSPS) is 26.4. The van der Waals surface area contributed by atoms with Gasteiger partial charge in [-0.3, -0.25) is 4.79 Å². The molecule has 1 amide bonds. The van der Waals surface area contributed by atoms with Crippen LogP contribution in [0.5, 0.6) is 0 Å². The van der Waals surface area contributed by atoms with Crippen LogP contribution in [0.25, 0.3) is 0 Å². The monoisotopic (exact) mass is 557 g/mol. The van der Waals surface area contributed by atoms with E-state index in [0.717, 1.165) is 61.3 Å². The molecule has 1 aromatic heterocycles. The van der Waals surface area contributed by atoms with Crippen molar-refractivity contribution >= 4 is 23.3 Å². The van der Waals surface area contributed by atoms with Gasteiger partial charge in [0.25, 0.3) is 5.91 Å². The lowest BCUT2D eigenvalue weighted by Gasteiger charge is -2.38. The molecule has 4 atom stereocenters. The van der Waals surface area contributed by atoms with Gasteiger partial charge in [-0.15, -0.1) is 0 Å². The molecule has 3 saturated heterocycles. The number of carbonyl (C=O) groups excluding carboxylic acids is 1. The summed E-state index contributed by atoms with van der Waals surface area (Å²) in [6.45, 7) is 5.33. The molecule has 0 radical (unpaired) electrons. The predicted molar refractivity (Wildman–Crippen MR) is 150 cm³/mol. The van der Waals surface area contributed by atoms with Gasteiger partial charge in [0.05, 0.1) is 24.9 Å². The number of benzene rings is 1. The van der Waals surface area contributed by atoms with Crippen LogP contribution in [-0.4, -0.2) is 85.0 Å². The minimum atomic E-state index is -0.0334. The third kappa shape index (κ3) is 7.08. The van der Waals surface area contributed by atoms with E-state index in [4.69, 9.17) is 25.8 Å². The standard InChI is InChI=1S/C29H40ClN5O4/c1-19-27(29(36)35-13-10-22(11-14-35)34-24-12-15-38-17-26(24)37-2)32-18-33-28(19)31-16-23-4-3-5-25(39-23)20-6-8-21(30)9-7-20/h6-9,18,22-26,34H,3-5,10-17H2,1-2H3,(H,31,32,33)/t23-,24-,25+,26+/m0/s1. The first-order valence-electron chi connectivity index (χ1n) is 14.1. The Morgan fingerprint density at radius 1 is 1.13 bits per heavy atom. The third-order valence-electron chi connectivity index (χ3n) is 8.21. The number of halogens is 1. The Kier molecular flexibility index (Phi) is 9.68. The van der Waals surface area contributed by atoms with Crippen molar-refractivity contribution in [2.45, 2.75) is 75.8 Å². The SMILES string of the molecule is CO[C@@H]1COCC[C@@H]1NC1CCN(C(=O)c2ncnc(NC[C@@H]3CCC[C@H](c4ccc(Cl)cc4)O3)c2C)CC1. The van der Waals surface area contributed by atoms with E-state index in [1.54, 1.807) is 7.11 Å². The van der Waals surface area contributed by atoms with Crippen molar-refractivity contribution < 1.29 is 19.0 Å². The van der Waals surface area contributed by atoms with Gasteiger partial charge in [0.2, 0.25) is 0 Å². The second-order valence-electron chi connectivity index (χ2n) is 10.8. The average molecular weight is 558 g/mol. The molecule has 5 rings (SSSR count). The lowest BCUT2D eigenvalue weighted by molar-refractivity contribution is -0.0533. The van der Waals surface area contributed by atoms with Gasteiger partial charge in [-0.2, -0.15) is 0 Å². The fourth-order valence-corrected chi connectivity index (χ4v) is 5.99. The number of anilines is 1. The van der Waals surface area contributed by atoms with Crippen LogP contribution in [0.2, 0.25) is 5.02 Å². The number of amides is 1. The van der Waals surface area contributed by atoms with Gasteiger partial charge in [-0.05, 0) is 63.1 Å². The van der Waals surface area contributed by atoms with E-state index in [1.807, 2.05) is 36.1 Å². The molecule has 0 bridgehead atoms. The zero-order valence-corrected chi connectivity index (χ0v) is 23.7. The predicted octanol–water partition coefficient (Wildman–Crippen LogP) is 4.16. The minimum absolute atomic E-state index is 0.0334. The number of methoxy groups -OCH3 is 1. The first-order valence-corrected chi connectivity index (χ1v) is 14.5. The Morgan fingerprint density at radius 3 is 2.69 bits per heavy atom. The van der Waals surface area contributed by atoms with E-state index in [1.165, 1.54) is 6.33 Å². The summed E-state index contributed by atoms with van der Waals surface area (Å²) in [6, 6.07) is 8.55. The van der Waals surface area contributed by atoms with Crippen molar-refractivity contribution in [2.75, 3.05) is 45.3 Å². The van der Waals surface area contributed by atoms with Crippen LogP contribution in [0.15, 0.2) is 30.6 Å². The fraction of sp³-hybridized carbons (Fsp3) is 0.621. The smallest absolute Gasteiger partial charge is 0.272 e. The second kappa shape index (κ2) is 13.4. The summed E-state index contributed by atoms with van der Waals surface area (Å²) >= 11 is 6.05. The minimum Gasteiger partial charge on any atom is -0.379 e. The number of hydrogen-bond acceptors (Lipinski definition) is 8. The molecule has 4 heterocycles. The second-order valence-corrected chi connectivity index (χ2v) is 11.2. The highest BCUT2D eigenvalue weighted by Gasteiger charge is 2.31. The Bertz CT molecular complexity index is 1100. The van der Waals surface area contributed by atoms with E-state index >= 15 is 0 Å². The number of piperidine rings is 1. The molecule has 9 nitrogen and oxygen atoms in total. The number of ether oxygens (including phenoxy) is 3. The quantitative estimate of drug-likeness (QED) is 0.499. The van der Waals surface area contributed by atoms with Crippen LogP contribution in [-0.2, 0) is 14.2 Å². The van der Waals surface area contributed by atoms with Gasteiger partial charge in [0.1, 0.15) is 17.8 Å². The number of nitrogens with one attached hydrogen (secondary N) is 2. The van der Waals surface area contributed by atoms with Crippen molar-refractivity contribution in [3.05, 3.63) is 52.4 Å². The number of rotatable bonds is 8. The maximum atomic E-state index is 13.4. The molecule has 10 heteroatoms. The molecule has 3 aliphatic rings. The van der Waals surface area contributed by atoms with E-state index < -0.39 is 0 Å². The zero-order valence-electron chi connectivity index (χ0n) is 22.9. The van der Waals surface area contributed by atoms with Gasteiger partial charge in [0, 0.05) is 56.0 Å². The molecule has 0 unspecified atom stereocenters. The summed E-state index contributed by atoms with van der Waals surface area (Å²) in [4.78, 5) is 24.1. The fourth-order valence-electron chi connectivity index (χ4n) is 5.86.